The van der Waals surface area contributed by atoms with Crippen LogP contribution in [0.4, 0.5) is 10.1 Å². The smallest absolute Gasteiger partial charge is 0.238 e. The Kier molecular flexibility index (Phi) is 4.50. The third-order valence-corrected chi connectivity index (χ3v) is 3.48. The van der Waals surface area contributed by atoms with Gasteiger partial charge in [0.2, 0.25) is 5.91 Å². The van der Waals surface area contributed by atoms with Crippen LogP contribution in [0.25, 0.3) is 0 Å². The minimum atomic E-state index is -0.357. The van der Waals surface area contributed by atoms with E-state index in [1.54, 1.807) is 12.1 Å². The van der Waals surface area contributed by atoms with Gasteiger partial charge in [0, 0.05) is 18.3 Å². The van der Waals surface area contributed by atoms with Crippen molar-refractivity contribution in [3.63, 3.8) is 0 Å². The Bertz CT molecular complexity index is 448. The Morgan fingerprint density at radius 1 is 1.58 bits per heavy atom. The molecule has 1 aliphatic rings. The van der Waals surface area contributed by atoms with Gasteiger partial charge in [-0.15, -0.1) is 0 Å². The number of halogens is 1. The molecule has 0 bridgehead atoms. The first-order valence-corrected chi connectivity index (χ1v) is 6.56. The monoisotopic (exact) mass is 265 g/mol. The number of carbonyl (C=O) groups excluding carboxylic acids is 1. The van der Waals surface area contributed by atoms with Gasteiger partial charge in [0.05, 0.1) is 6.54 Å². The first-order valence-electron chi connectivity index (χ1n) is 6.56. The summed E-state index contributed by atoms with van der Waals surface area (Å²) < 4.78 is 13.0. The number of amides is 1. The number of carbonyl (C=O) groups is 1. The second-order valence-electron chi connectivity index (χ2n) is 5.11. The molecule has 0 spiro atoms. The van der Waals surface area contributed by atoms with E-state index in [2.05, 4.69) is 5.32 Å². The molecule has 1 aliphatic carbocycles. The molecule has 4 nitrogen and oxygen atoms in total. The van der Waals surface area contributed by atoms with Crippen LogP contribution in [0.2, 0.25) is 0 Å². The molecular formula is C14H20FN3O. The van der Waals surface area contributed by atoms with Crippen LogP contribution < -0.4 is 11.1 Å². The van der Waals surface area contributed by atoms with Gasteiger partial charge in [-0.1, -0.05) is 6.07 Å². The first-order chi connectivity index (χ1) is 9.10. The molecule has 1 fully saturated rings. The molecule has 104 valence electrons. The maximum absolute atomic E-state index is 13.0. The number of hydrogen-bond donors (Lipinski definition) is 2. The van der Waals surface area contributed by atoms with Crippen LogP contribution in [-0.2, 0) is 4.79 Å². The Hall–Kier alpha value is -1.46. The minimum absolute atomic E-state index is 0.146. The molecule has 19 heavy (non-hydrogen) atoms. The first kappa shape index (κ1) is 14.0. The standard InChI is InChI=1S/C14H20FN3O/c1-18(13(8-16)10-5-6-10)9-14(19)17-12-4-2-3-11(15)7-12/h2-4,7,10,13H,5-6,8-9,16H2,1H3,(H,17,19). The summed E-state index contributed by atoms with van der Waals surface area (Å²) >= 11 is 0. The van der Waals surface area contributed by atoms with Gasteiger partial charge in [-0.3, -0.25) is 9.69 Å². The van der Waals surface area contributed by atoms with Crippen molar-refractivity contribution in [2.45, 2.75) is 18.9 Å². The van der Waals surface area contributed by atoms with Crippen molar-refractivity contribution in [1.82, 2.24) is 4.90 Å². The Morgan fingerprint density at radius 2 is 2.32 bits per heavy atom. The van der Waals surface area contributed by atoms with Crippen molar-refractivity contribution >= 4 is 11.6 Å². The molecule has 1 aromatic rings. The van der Waals surface area contributed by atoms with Gasteiger partial charge in [-0.05, 0) is 44.0 Å². The summed E-state index contributed by atoms with van der Waals surface area (Å²) in [5.41, 5.74) is 6.22. The summed E-state index contributed by atoms with van der Waals surface area (Å²) in [5.74, 6) is 0.119. The van der Waals surface area contributed by atoms with Crippen LogP contribution in [0.5, 0.6) is 0 Å². The molecule has 0 radical (unpaired) electrons. The molecule has 0 heterocycles. The number of rotatable bonds is 6. The zero-order valence-corrected chi connectivity index (χ0v) is 11.1. The summed E-state index contributed by atoms with van der Waals surface area (Å²) in [5, 5.41) is 2.69. The summed E-state index contributed by atoms with van der Waals surface area (Å²) in [7, 11) is 1.90. The summed E-state index contributed by atoms with van der Waals surface area (Å²) in [6.07, 6.45) is 2.38. The summed E-state index contributed by atoms with van der Waals surface area (Å²) in [6, 6.07) is 6.15. The van der Waals surface area contributed by atoms with Gasteiger partial charge in [-0.25, -0.2) is 4.39 Å². The van der Waals surface area contributed by atoms with Crippen molar-refractivity contribution in [2.75, 3.05) is 25.5 Å². The Balaban J connectivity index is 1.86. The second-order valence-corrected chi connectivity index (χ2v) is 5.11. The van der Waals surface area contributed by atoms with Crippen LogP contribution in [-0.4, -0.2) is 37.0 Å². The quantitative estimate of drug-likeness (QED) is 0.818. The molecule has 1 amide bonds. The van der Waals surface area contributed by atoms with Crippen molar-refractivity contribution in [1.29, 1.82) is 0 Å². The predicted octanol–water partition coefficient (Wildman–Crippen LogP) is 1.43. The van der Waals surface area contributed by atoms with Gasteiger partial charge < -0.3 is 11.1 Å². The van der Waals surface area contributed by atoms with Crippen LogP contribution in [0, 0.1) is 11.7 Å². The lowest BCUT2D eigenvalue weighted by Crippen LogP contribution is -2.43. The van der Waals surface area contributed by atoms with E-state index in [1.807, 2.05) is 11.9 Å². The van der Waals surface area contributed by atoms with Crippen LogP contribution >= 0.6 is 0 Å². The molecule has 3 N–H and O–H groups in total. The van der Waals surface area contributed by atoms with E-state index in [1.165, 1.54) is 25.0 Å². The van der Waals surface area contributed by atoms with Crippen molar-refractivity contribution in [3.8, 4) is 0 Å². The van der Waals surface area contributed by atoms with E-state index in [-0.39, 0.29) is 24.3 Å². The number of nitrogens with zero attached hydrogens (tertiary/aromatic N) is 1. The zero-order chi connectivity index (χ0) is 13.8. The number of anilines is 1. The third-order valence-electron chi connectivity index (χ3n) is 3.48. The maximum Gasteiger partial charge on any atom is 0.238 e. The van der Waals surface area contributed by atoms with E-state index in [0.717, 1.165) is 0 Å². The largest absolute Gasteiger partial charge is 0.329 e. The van der Waals surface area contributed by atoms with E-state index in [4.69, 9.17) is 5.73 Å². The van der Waals surface area contributed by atoms with E-state index >= 15 is 0 Å². The lowest BCUT2D eigenvalue weighted by molar-refractivity contribution is -0.117. The number of nitrogens with one attached hydrogen (secondary N) is 1. The molecule has 1 atom stereocenters. The SMILES string of the molecule is CN(CC(=O)Nc1cccc(F)c1)C(CN)C1CC1. The number of benzene rings is 1. The van der Waals surface area contributed by atoms with Crippen LogP contribution in [0.3, 0.4) is 0 Å². The molecule has 1 unspecified atom stereocenters. The lowest BCUT2D eigenvalue weighted by Gasteiger charge is -2.26. The van der Waals surface area contributed by atoms with Gasteiger partial charge in [0.1, 0.15) is 5.82 Å². The van der Waals surface area contributed by atoms with Crippen molar-refractivity contribution in [2.24, 2.45) is 11.7 Å². The third kappa shape index (κ3) is 4.01. The molecule has 0 aromatic heterocycles. The highest BCUT2D eigenvalue weighted by Crippen LogP contribution is 2.34. The van der Waals surface area contributed by atoms with Gasteiger partial charge in [0.25, 0.3) is 0 Å². The highest BCUT2D eigenvalue weighted by Gasteiger charge is 2.33. The molecular weight excluding hydrogens is 245 g/mol. The second kappa shape index (κ2) is 6.12. The Morgan fingerprint density at radius 3 is 2.89 bits per heavy atom. The molecule has 1 aromatic carbocycles. The van der Waals surface area contributed by atoms with Crippen molar-refractivity contribution < 1.29 is 9.18 Å². The molecule has 5 heteroatoms. The molecule has 0 aliphatic heterocycles. The van der Waals surface area contributed by atoms with Crippen LogP contribution in [0.1, 0.15) is 12.8 Å². The highest BCUT2D eigenvalue weighted by molar-refractivity contribution is 5.92. The fourth-order valence-corrected chi connectivity index (χ4v) is 2.32. The number of nitrogens with two attached hydrogens (primary N) is 1. The predicted molar refractivity (Wildman–Crippen MR) is 73.2 cm³/mol. The fraction of sp³-hybridized carbons (Fsp3) is 0.500. The van der Waals surface area contributed by atoms with Gasteiger partial charge in [0.15, 0.2) is 0 Å². The zero-order valence-electron chi connectivity index (χ0n) is 11.1. The van der Waals surface area contributed by atoms with Gasteiger partial charge in [-0.2, -0.15) is 0 Å². The summed E-state index contributed by atoms with van der Waals surface area (Å²) in [4.78, 5) is 13.9. The Labute approximate surface area is 112 Å². The minimum Gasteiger partial charge on any atom is -0.329 e. The summed E-state index contributed by atoms with van der Waals surface area (Å²) in [6.45, 7) is 0.837. The number of hydrogen-bond acceptors (Lipinski definition) is 3. The average molecular weight is 265 g/mol. The van der Waals surface area contributed by atoms with E-state index in [0.29, 0.717) is 18.2 Å². The lowest BCUT2D eigenvalue weighted by atomic mass is 10.1. The topological polar surface area (TPSA) is 58.4 Å². The maximum atomic E-state index is 13.0. The highest BCUT2D eigenvalue weighted by atomic mass is 19.1. The normalized spacial score (nSPS) is 16.4. The van der Waals surface area contributed by atoms with E-state index in [9.17, 15) is 9.18 Å². The van der Waals surface area contributed by atoms with Crippen molar-refractivity contribution in [3.05, 3.63) is 30.1 Å². The molecule has 0 saturated heterocycles. The average Bonchev–Trinajstić information content (AvgIpc) is 3.14. The molecule has 2 rings (SSSR count). The van der Waals surface area contributed by atoms with Gasteiger partial charge >= 0.3 is 0 Å². The number of likely N-dealkylation sites (N-methyl/N-ethyl adjacent to an activating group) is 1. The fourth-order valence-electron chi connectivity index (χ4n) is 2.32. The molecule has 1 saturated carbocycles. The van der Waals surface area contributed by atoms with E-state index < -0.39 is 0 Å². The van der Waals surface area contributed by atoms with Crippen LogP contribution in [0.15, 0.2) is 24.3 Å².